The molecule has 0 saturated carbocycles. The molecule has 14 heavy (non-hydrogen) atoms. The first-order valence-electron chi connectivity index (χ1n) is 5.33. The predicted molar refractivity (Wildman–Crippen MR) is 59.8 cm³/mol. The van der Waals surface area contributed by atoms with Crippen LogP contribution in [0.2, 0.25) is 0 Å². The highest BCUT2D eigenvalue weighted by Crippen LogP contribution is 2.17. The van der Waals surface area contributed by atoms with E-state index in [4.69, 9.17) is 0 Å². The third-order valence-electron chi connectivity index (χ3n) is 2.09. The Kier molecular flexibility index (Phi) is 4.90. The minimum atomic E-state index is 1.03. The molecule has 0 atom stereocenters. The van der Waals surface area contributed by atoms with Gasteiger partial charge in [-0.2, -0.15) is 0 Å². The van der Waals surface area contributed by atoms with Crippen LogP contribution in [0.25, 0.3) is 5.57 Å². The Morgan fingerprint density at radius 1 is 1.29 bits per heavy atom. The van der Waals surface area contributed by atoms with Crippen LogP contribution >= 0.6 is 0 Å². The van der Waals surface area contributed by atoms with Crippen molar-refractivity contribution < 1.29 is 0 Å². The highest BCUT2D eigenvalue weighted by molar-refractivity contribution is 5.61. The van der Waals surface area contributed by atoms with Gasteiger partial charge in [0.15, 0.2) is 0 Å². The Morgan fingerprint density at radius 3 is 2.71 bits per heavy atom. The van der Waals surface area contributed by atoms with Crippen LogP contribution in [-0.2, 0) is 0 Å². The van der Waals surface area contributed by atoms with Gasteiger partial charge in [-0.3, -0.25) is 9.97 Å². The summed E-state index contributed by atoms with van der Waals surface area (Å²) in [5, 5.41) is 0. The van der Waals surface area contributed by atoms with Crippen LogP contribution in [0.5, 0.6) is 0 Å². The van der Waals surface area contributed by atoms with Crippen LogP contribution in [-0.4, -0.2) is 9.97 Å². The lowest BCUT2D eigenvalue weighted by molar-refractivity contribution is 0.926. The Labute approximate surface area is 86.1 Å². The maximum Gasteiger partial charge on any atom is 0.0841 e. The molecule has 0 radical (unpaired) electrons. The normalized spacial score (nSPS) is 11.7. The molecule has 0 amide bonds. The van der Waals surface area contributed by atoms with Gasteiger partial charge >= 0.3 is 0 Å². The molecule has 0 aromatic carbocycles. The van der Waals surface area contributed by atoms with Crippen LogP contribution in [0.3, 0.4) is 0 Å². The Hall–Kier alpha value is -1.18. The van der Waals surface area contributed by atoms with E-state index in [0.717, 1.165) is 25.0 Å². The van der Waals surface area contributed by atoms with Gasteiger partial charge in [-0.15, -0.1) is 0 Å². The Bertz CT molecular complexity index is 278. The van der Waals surface area contributed by atoms with E-state index in [1.165, 1.54) is 12.0 Å². The molecule has 0 N–H and O–H groups in total. The summed E-state index contributed by atoms with van der Waals surface area (Å²) in [6, 6.07) is 0. The van der Waals surface area contributed by atoms with Gasteiger partial charge in [-0.05, 0) is 18.4 Å². The molecule has 0 aliphatic rings. The van der Waals surface area contributed by atoms with Crippen molar-refractivity contribution in [2.24, 2.45) is 0 Å². The average molecular weight is 190 g/mol. The molecule has 2 nitrogen and oxygen atoms in total. The smallest absolute Gasteiger partial charge is 0.0841 e. The first-order chi connectivity index (χ1) is 6.88. The number of aromatic nitrogens is 2. The molecule has 0 saturated heterocycles. The van der Waals surface area contributed by atoms with Crippen molar-refractivity contribution in [1.29, 1.82) is 0 Å². The summed E-state index contributed by atoms with van der Waals surface area (Å²) in [5.41, 5.74) is 2.37. The minimum Gasteiger partial charge on any atom is -0.261 e. The quantitative estimate of drug-likeness (QED) is 0.710. The highest BCUT2D eigenvalue weighted by atomic mass is 14.8. The molecule has 0 aliphatic carbocycles. The summed E-state index contributed by atoms with van der Waals surface area (Å²) >= 11 is 0. The lowest BCUT2D eigenvalue weighted by Gasteiger charge is -2.04. The van der Waals surface area contributed by atoms with Crippen molar-refractivity contribution in [2.75, 3.05) is 0 Å². The summed E-state index contributed by atoms with van der Waals surface area (Å²) in [4.78, 5) is 8.41. The van der Waals surface area contributed by atoms with Crippen LogP contribution in [0.1, 0.15) is 45.2 Å². The molecular weight excluding hydrogens is 172 g/mol. The summed E-state index contributed by atoms with van der Waals surface area (Å²) < 4.78 is 0. The van der Waals surface area contributed by atoms with Gasteiger partial charge < -0.3 is 0 Å². The average Bonchev–Trinajstić information content (AvgIpc) is 2.25. The van der Waals surface area contributed by atoms with E-state index in [1.807, 2.05) is 6.20 Å². The third kappa shape index (κ3) is 3.29. The lowest BCUT2D eigenvalue weighted by Crippen LogP contribution is -1.90. The Balaban J connectivity index is 2.77. The van der Waals surface area contributed by atoms with Crippen LogP contribution in [0.15, 0.2) is 24.7 Å². The number of unbranched alkanes of at least 4 members (excludes halogenated alkanes) is 1. The van der Waals surface area contributed by atoms with E-state index in [1.54, 1.807) is 12.4 Å². The summed E-state index contributed by atoms with van der Waals surface area (Å²) in [6.45, 7) is 4.38. The summed E-state index contributed by atoms with van der Waals surface area (Å²) in [7, 11) is 0. The first-order valence-corrected chi connectivity index (χ1v) is 5.33. The van der Waals surface area contributed by atoms with Crippen LogP contribution < -0.4 is 0 Å². The second-order valence-electron chi connectivity index (χ2n) is 3.36. The van der Waals surface area contributed by atoms with Gasteiger partial charge in [0.05, 0.1) is 11.9 Å². The zero-order chi connectivity index (χ0) is 10.2. The number of allylic oxidation sites excluding steroid dienone is 2. The van der Waals surface area contributed by atoms with Crippen molar-refractivity contribution in [1.82, 2.24) is 9.97 Å². The van der Waals surface area contributed by atoms with Crippen molar-refractivity contribution in [3.8, 4) is 0 Å². The van der Waals surface area contributed by atoms with Gasteiger partial charge in [0.25, 0.3) is 0 Å². The monoisotopic (exact) mass is 190 g/mol. The number of rotatable bonds is 5. The zero-order valence-electron chi connectivity index (χ0n) is 9.03. The molecule has 0 unspecified atom stereocenters. The van der Waals surface area contributed by atoms with E-state index in [-0.39, 0.29) is 0 Å². The molecule has 1 heterocycles. The summed E-state index contributed by atoms with van der Waals surface area (Å²) in [6.07, 6.45) is 12.2. The van der Waals surface area contributed by atoms with Crippen molar-refractivity contribution in [3.05, 3.63) is 30.4 Å². The summed E-state index contributed by atoms with van der Waals surface area (Å²) in [5.74, 6) is 0. The highest BCUT2D eigenvalue weighted by Gasteiger charge is 2.00. The second-order valence-corrected chi connectivity index (χ2v) is 3.36. The van der Waals surface area contributed by atoms with Gasteiger partial charge in [-0.1, -0.05) is 32.8 Å². The maximum absolute atomic E-state index is 4.32. The van der Waals surface area contributed by atoms with E-state index >= 15 is 0 Å². The number of nitrogens with zero attached hydrogens (tertiary/aromatic N) is 2. The van der Waals surface area contributed by atoms with E-state index in [9.17, 15) is 0 Å². The van der Waals surface area contributed by atoms with Gasteiger partial charge in [0, 0.05) is 12.4 Å². The largest absolute Gasteiger partial charge is 0.261 e. The van der Waals surface area contributed by atoms with Crippen molar-refractivity contribution >= 4 is 5.57 Å². The fourth-order valence-electron chi connectivity index (χ4n) is 1.39. The van der Waals surface area contributed by atoms with Gasteiger partial charge in [0.1, 0.15) is 0 Å². The van der Waals surface area contributed by atoms with E-state index in [0.29, 0.717) is 0 Å². The standard InChI is InChI=1S/C12H18N2/c1-3-5-7-11(6-4-2)12-10-13-8-9-14-12/h7-10H,3-6H2,1-2H3/b11-7+. The molecule has 1 aromatic heterocycles. The number of hydrogen-bond donors (Lipinski definition) is 0. The first kappa shape index (κ1) is 10.9. The fraction of sp³-hybridized carbons (Fsp3) is 0.500. The van der Waals surface area contributed by atoms with E-state index < -0.39 is 0 Å². The SMILES string of the molecule is CCC/C=C(\CCC)c1cnccn1. The number of hydrogen-bond acceptors (Lipinski definition) is 2. The topological polar surface area (TPSA) is 25.8 Å². The second kappa shape index (κ2) is 6.30. The van der Waals surface area contributed by atoms with Crippen molar-refractivity contribution in [2.45, 2.75) is 39.5 Å². The van der Waals surface area contributed by atoms with Crippen LogP contribution in [0, 0.1) is 0 Å². The molecule has 76 valence electrons. The molecule has 0 bridgehead atoms. The third-order valence-corrected chi connectivity index (χ3v) is 2.09. The lowest BCUT2D eigenvalue weighted by atomic mass is 10.1. The molecule has 0 fully saturated rings. The maximum atomic E-state index is 4.32. The minimum absolute atomic E-state index is 1.03. The molecule has 0 aliphatic heterocycles. The Morgan fingerprint density at radius 2 is 2.14 bits per heavy atom. The molecular formula is C12H18N2. The zero-order valence-corrected chi connectivity index (χ0v) is 9.03. The molecule has 1 aromatic rings. The fourth-order valence-corrected chi connectivity index (χ4v) is 1.39. The van der Waals surface area contributed by atoms with Gasteiger partial charge in [0.2, 0.25) is 0 Å². The molecule has 2 heteroatoms. The predicted octanol–water partition coefficient (Wildman–Crippen LogP) is 3.46. The van der Waals surface area contributed by atoms with Crippen LogP contribution in [0.4, 0.5) is 0 Å². The van der Waals surface area contributed by atoms with Crippen molar-refractivity contribution in [3.63, 3.8) is 0 Å². The van der Waals surface area contributed by atoms with Gasteiger partial charge in [-0.25, -0.2) is 0 Å². The molecule has 1 rings (SSSR count). The molecule has 0 spiro atoms. The van der Waals surface area contributed by atoms with E-state index in [2.05, 4.69) is 29.9 Å².